The molecule has 4 nitrogen and oxygen atoms in total. The lowest BCUT2D eigenvalue weighted by Crippen LogP contribution is -2.39. The average molecular weight is 251 g/mol. The number of nitrogens with two attached hydrogens (primary N) is 1. The van der Waals surface area contributed by atoms with Crippen molar-refractivity contribution in [1.29, 1.82) is 0 Å². The quantitative estimate of drug-likeness (QED) is 0.770. The number of aromatic nitrogens is 2. The van der Waals surface area contributed by atoms with E-state index in [0.717, 1.165) is 31.6 Å². The number of Topliss-reactive ketones (excluding diaryl/α,β-unsaturated/α-hetero) is 1. The van der Waals surface area contributed by atoms with Gasteiger partial charge in [-0.3, -0.25) is 4.79 Å². The van der Waals surface area contributed by atoms with E-state index in [9.17, 15) is 4.79 Å². The molecule has 0 spiro atoms. The van der Waals surface area contributed by atoms with Gasteiger partial charge in [-0.25, -0.2) is 4.98 Å². The van der Waals surface area contributed by atoms with Crippen molar-refractivity contribution < 1.29 is 4.79 Å². The normalized spacial score (nSPS) is 11.8. The van der Waals surface area contributed by atoms with E-state index in [4.69, 9.17) is 5.73 Å². The first-order chi connectivity index (χ1) is 8.63. The van der Waals surface area contributed by atoms with Crippen LogP contribution in [0.3, 0.4) is 0 Å². The van der Waals surface area contributed by atoms with E-state index in [1.54, 1.807) is 6.20 Å². The highest BCUT2D eigenvalue weighted by atomic mass is 16.1. The second-order valence-electron chi connectivity index (χ2n) is 4.83. The zero-order valence-electron chi connectivity index (χ0n) is 11.8. The summed E-state index contributed by atoms with van der Waals surface area (Å²) in [5.74, 6) is 1.08. The summed E-state index contributed by atoms with van der Waals surface area (Å²) in [5, 5.41) is 0. The first-order valence-corrected chi connectivity index (χ1v) is 6.86. The van der Waals surface area contributed by atoms with Crippen LogP contribution in [0.1, 0.15) is 45.9 Å². The van der Waals surface area contributed by atoms with Crippen molar-refractivity contribution in [2.24, 2.45) is 11.1 Å². The molecule has 0 amide bonds. The van der Waals surface area contributed by atoms with Crippen molar-refractivity contribution in [2.45, 2.75) is 53.0 Å². The molecule has 2 N–H and O–H groups in total. The van der Waals surface area contributed by atoms with Gasteiger partial charge in [0.2, 0.25) is 0 Å². The van der Waals surface area contributed by atoms with Crippen LogP contribution >= 0.6 is 0 Å². The standard InChI is InChI=1S/C14H25N3O/c1-4-8-17-9-7-16-13(17)10-12(18)14(5-2,6-3)11-15/h7,9H,4-6,8,10-11,15H2,1-3H3. The van der Waals surface area contributed by atoms with Crippen LogP contribution < -0.4 is 5.73 Å². The van der Waals surface area contributed by atoms with Crippen molar-refractivity contribution in [2.75, 3.05) is 6.54 Å². The third kappa shape index (κ3) is 2.99. The first-order valence-electron chi connectivity index (χ1n) is 6.86. The van der Waals surface area contributed by atoms with Gasteiger partial charge in [-0.1, -0.05) is 20.8 Å². The van der Waals surface area contributed by atoms with E-state index < -0.39 is 0 Å². The van der Waals surface area contributed by atoms with E-state index in [1.807, 2.05) is 20.0 Å². The van der Waals surface area contributed by atoms with Crippen molar-refractivity contribution in [3.63, 3.8) is 0 Å². The Morgan fingerprint density at radius 3 is 2.56 bits per heavy atom. The number of rotatable bonds is 8. The zero-order valence-corrected chi connectivity index (χ0v) is 11.8. The highest BCUT2D eigenvalue weighted by Crippen LogP contribution is 2.27. The topological polar surface area (TPSA) is 60.9 Å². The van der Waals surface area contributed by atoms with E-state index in [-0.39, 0.29) is 11.2 Å². The van der Waals surface area contributed by atoms with Crippen LogP contribution in [0.2, 0.25) is 0 Å². The van der Waals surface area contributed by atoms with Crippen LogP contribution in [0.25, 0.3) is 0 Å². The number of nitrogens with zero attached hydrogens (tertiary/aromatic N) is 2. The molecule has 102 valence electrons. The molecular weight excluding hydrogens is 226 g/mol. The molecule has 1 rings (SSSR count). The minimum absolute atomic E-state index is 0.221. The minimum atomic E-state index is -0.372. The van der Waals surface area contributed by atoms with Crippen LogP contribution in [-0.2, 0) is 17.8 Å². The Kier molecular flexibility index (Phi) is 5.54. The van der Waals surface area contributed by atoms with Gasteiger partial charge < -0.3 is 10.3 Å². The van der Waals surface area contributed by atoms with Crippen molar-refractivity contribution in [3.8, 4) is 0 Å². The molecule has 0 aromatic carbocycles. The average Bonchev–Trinajstić information content (AvgIpc) is 2.80. The van der Waals surface area contributed by atoms with Crippen LogP contribution in [0.4, 0.5) is 0 Å². The Balaban J connectivity index is 2.82. The predicted molar refractivity (Wildman–Crippen MR) is 73.3 cm³/mol. The van der Waals surface area contributed by atoms with E-state index in [0.29, 0.717) is 13.0 Å². The second kappa shape index (κ2) is 6.69. The third-order valence-electron chi connectivity index (χ3n) is 3.92. The zero-order chi connectivity index (χ0) is 13.6. The molecule has 0 radical (unpaired) electrons. The van der Waals surface area contributed by atoms with Gasteiger partial charge in [-0.15, -0.1) is 0 Å². The summed E-state index contributed by atoms with van der Waals surface area (Å²) >= 11 is 0. The van der Waals surface area contributed by atoms with Gasteiger partial charge in [0.25, 0.3) is 0 Å². The lowest BCUT2D eigenvalue weighted by molar-refractivity contribution is -0.128. The lowest BCUT2D eigenvalue weighted by Gasteiger charge is -2.28. The Morgan fingerprint density at radius 1 is 1.39 bits per heavy atom. The summed E-state index contributed by atoms with van der Waals surface area (Å²) in [7, 11) is 0. The van der Waals surface area contributed by atoms with Gasteiger partial charge in [-0.05, 0) is 19.3 Å². The molecule has 0 atom stereocenters. The molecule has 1 aromatic rings. The number of carbonyl (C=O) groups is 1. The molecule has 0 fully saturated rings. The van der Waals surface area contributed by atoms with Gasteiger partial charge in [0.05, 0.1) is 6.42 Å². The van der Waals surface area contributed by atoms with Crippen LogP contribution in [0.15, 0.2) is 12.4 Å². The van der Waals surface area contributed by atoms with Gasteiger partial charge in [0, 0.05) is 30.9 Å². The molecule has 0 saturated carbocycles. The molecule has 18 heavy (non-hydrogen) atoms. The number of imidazole rings is 1. The van der Waals surface area contributed by atoms with Crippen molar-refractivity contribution in [3.05, 3.63) is 18.2 Å². The number of carbonyl (C=O) groups excluding carboxylic acids is 1. The van der Waals surface area contributed by atoms with E-state index >= 15 is 0 Å². The maximum atomic E-state index is 12.4. The highest BCUT2D eigenvalue weighted by molar-refractivity contribution is 5.86. The Hall–Kier alpha value is -1.16. The predicted octanol–water partition coefficient (Wildman–Crippen LogP) is 2.17. The van der Waals surface area contributed by atoms with Gasteiger partial charge >= 0.3 is 0 Å². The summed E-state index contributed by atoms with van der Waals surface area (Å²) in [4.78, 5) is 16.7. The smallest absolute Gasteiger partial charge is 0.147 e. The summed E-state index contributed by atoms with van der Waals surface area (Å²) in [6, 6.07) is 0. The molecule has 0 aliphatic heterocycles. The largest absolute Gasteiger partial charge is 0.335 e. The fraction of sp³-hybridized carbons (Fsp3) is 0.714. The second-order valence-corrected chi connectivity index (χ2v) is 4.83. The molecule has 0 aliphatic rings. The molecule has 4 heteroatoms. The lowest BCUT2D eigenvalue weighted by atomic mass is 9.77. The summed E-state index contributed by atoms with van der Waals surface area (Å²) in [6.45, 7) is 7.53. The minimum Gasteiger partial charge on any atom is -0.335 e. The van der Waals surface area contributed by atoms with Crippen LogP contribution in [-0.4, -0.2) is 21.9 Å². The highest BCUT2D eigenvalue weighted by Gasteiger charge is 2.33. The maximum absolute atomic E-state index is 12.4. The number of hydrogen-bond acceptors (Lipinski definition) is 3. The van der Waals surface area contributed by atoms with Crippen LogP contribution in [0.5, 0.6) is 0 Å². The molecule has 1 heterocycles. The molecular formula is C14H25N3O. The summed E-state index contributed by atoms with van der Waals surface area (Å²) in [6.07, 6.45) is 6.74. The van der Waals surface area contributed by atoms with Crippen LogP contribution in [0, 0.1) is 5.41 Å². The maximum Gasteiger partial charge on any atom is 0.147 e. The molecule has 0 unspecified atom stereocenters. The first kappa shape index (κ1) is 14.9. The molecule has 0 bridgehead atoms. The fourth-order valence-electron chi connectivity index (χ4n) is 2.33. The Bertz CT molecular complexity index is 372. The van der Waals surface area contributed by atoms with Crippen molar-refractivity contribution >= 4 is 5.78 Å². The molecule has 1 aromatic heterocycles. The third-order valence-corrected chi connectivity index (χ3v) is 3.92. The number of hydrogen-bond donors (Lipinski definition) is 1. The van der Waals surface area contributed by atoms with E-state index in [2.05, 4.69) is 16.5 Å². The summed E-state index contributed by atoms with van der Waals surface area (Å²) < 4.78 is 2.06. The van der Waals surface area contributed by atoms with Gasteiger partial charge in [0.1, 0.15) is 11.6 Å². The molecule has 0 aliphatic carbocycles. The number of ketones is 1. The van der Waals surface area contributed by atoms with Gasteiger partial charge in [0.15, 0.2) is 0 Å². The molecule has 0 saturated heterocycles. The van der Waals surface area contributed by atoms with Gasteiger partial charge in [-0.2, -0.15) is 0 Å². The monoisotopic (exact) mass is 251 g/mol. The summed E-state index contributed by atoms with van der Waals surface area (Å²) in [5.41, 5.74) is 5.44. The SMILES string of the molecule is CCCn1ccnc1CC(=O)C(CC)(CC)CN. The fourth-order valence-corrected chi connectivity index (χ4v) is 2.33. The Morgan fingerprint density at radius 2 is 2.06 bits per heavy atom. The van der Waals surface area contributed by atoms with Crippen molar-refractivity contribution in [1.82, 2.24) is 9.55 Å². The van der Waals surface area contributed by atoms with E-state index in [1.165, 1.54) is 0 Å². The Labute approximate surface area is 110 Å². The number of aryl methyl sites for hydroxylation is 1.